The third-order valence-corrected chi connectivity index (χ3v) is 5.36. The Bertz CT molecular complexity index is 917. The molecule has 0 aliphatic rings. The lowest BCUT2D eigenvalue weighted by atomic mass is 9.99. The number of rotatable bonds is 8. The van der Waals surface area contributed by atoms with Crippen molar-refractivity contribution >= 4 is 6.08 Å². The van der Waals surface area contributed by atoms with E-state index in [1.807, 2.05) is 0 Å². The third kappa shape index (κ3) is 6.15. The zero-order valence-electron chi connectivity index (χ0n) is 17.9. The number of hydrogen-bond acceptors (Lipinski definition) is 2. The Morgan fingerprint density at radius 3 is 2.03 bits per heavy atom. The lowest BCUT2D eigenvalue weighted by Gasteiger charge is -2.24. The largest absolute Gasteiger partial charge is 0.326 e. The Balaban J connectivity index is 1.79. The first kappa shape index (κ1) is 21.0. The summed E-state index contributed by atoms with van der Waals surface area (Å²) in [6, 6.07) is 23.7. The fourth-order valence-corrected chi connectivity index (χ4v) is 3.81. The lowest BCUT2D eigenvalue weighted by Crippen LogP contribution is -2.24. The molecule has 3 aromatic rings. The van der Waals surface area contributed by atoms with E-state index < -0.39 is 0 Å². The number of benzene rings is 3. The first-order valence-electron chi connectivity index (χ1n) is 10.3. The van der Waals surface area contributed by atoms with Crippen molar-refractivity contribution in [1.29, 1.82) is 0 Å². The molecule has 0 fully saturated rings. The molecule has 0 aliphatic heterocycles. The second-order valence-corrected chi connectivity index (χ2v) is 7.88. The minimum Gasteiger partial charge on any atom is -0.326 e. The highest BCUT2D eigenvalue weighted by Gasteiger charge is 2.11. The molecule has 0 saturated heterocycles. The first-order valence-corrected chi connectivity index (χ1v) is 10.3. The monoisotopic (exact) mass is 384 g/mol. The Kier molecular flexibility index (Phi) is 7.40. The summed E-state index contributed by atoms with van der Waals surface area (Å²) in [6.45, 7) is 9.97. The van der Waals surface area contributed by atoms with E-state index in [2.05, 4.69) is 105 Å². The van der Waals surface area contributed by atoms with Crippen LogP contribution in [0.15, 0.2) is 72.8 Å². The van der Waals surface area contributed by atoms with Crippen LogP contribution in [0.5, 0.6) is 0 Å². The van der Waals surface area contributed by atoms with Gasteiger partial charge in [0.2, 0.25) is 0 Å². The molecule has 3 rings (SSSR count). The summed E-state index contributed by atoms with van der Waals surface area (Å²) in [5, 5.41) is 0. The lowest BCUT2D eigenvalue weighted by molar-refractivity contribution is 0.285. The van der Waals surface area contributed by atoms with Crippen molar-refractivity contribution in [3.05, 3.63) is 112 Å². The van der Waals surface area contributed by atoms with Crippen LogP contribution >= 0.6 is 0 Å². The van der Waals surface area contributed by atoms with Gasteiger partial charge in [0.15, 0.2) is 0 Å². The van der Waals surface area contributed by atoms with Crippen LogP contribution in [-0.2, 0) is 19.6 Å². The fraction of sp³-hybridized carbons (Fsp3) is 0.259. The molecule has 0 aromatic heterocycles. The summed E-state index contributed by atoms with van der Waals surface area (Å²) in [7, 11) is 0. The van der Waals surface area contributed by atoms with Gasteiger partial charge in [-0.25, -0.2) is 0 Å². The second kappa shape index (κ2) is 10.2. The molecule has 2 nitrogen and oxygen atoms in total. The van der Waals surface area contributed by atoms with Crippen molar-refractivity contribution in [1.82, 2.24) is 4.90 Å². The highest BCUT2D eigenvalue weighted by molar-refractivity contribution is 5.48. The molecule has 0 atom stereocenters. The van der Waals surface area contributed by atoms with Gasteiger partial charge in [0.05, 0.1) is 0 Å². The average Bonchev–Trinajstić information content (AvgIpc) is 2.71. The summed E-state index contributed by atoms with van der Waals surface area (Å²) in [6.07, 6.45) is 4.47. The average molecular weight is 385 g/mol. The molecular formula is C27H32N2. The SMILES string of the molecule is Cc1cc(C)c(CN(CC=Cc2ccccc2)Cc2ccc(CN)cc2)c(C)c1. The minimum absolute atomic E-state index is 0.589. The normalized spacial score (nSPS) is 11.5. The predicted octanol–water partition coefficient (Wildman–Crippen LogP) is 5.79. The summed E-state index contributed by atoms with van der Waals surface area (Å²) >= 11 is 0. The standard InChI is InChI=1S/C27H32N2/c1-21-16-22(2)27(23(3)17-21)20-29(15-7-10-24-8-5-4-6-9-24)19-26-13-11-25(18-28)12-14-26/h4-14,16-17H,15,18-20,28H2,1-3H3. The van der Waals surface area contributed by atoms with E-state index in [-0.39, 0.29) is 0 Å². The molecule has 3 aromatic carbocycles. The van der Waals surface area contributed by atoms with E-state index in [0.717, 1.165) is 19.6 Å². The quantitative estimate of drug-likeness (QED) is 0.533. The van der Waals surface area contributed by atoms with Crippen molar-refractivity contribution in [3.8, 4) is 0 Å². The van der Waals surface area contributed by atoms with Gasteiger partial charge < -0.3 is 5.73 Å². The van der Waals surface area contributed by atoms with Gasteiger partial charge in [-0.15, -0.1) is 0 Å². The van der Waals surface area contributed by atoms with Gasteiger partial charge in [-0.05, 0) is 54.2 Å². The van der Waals surface area contributed by atoms with Crippen LogP contribution in [-0.4, -0.2) is 11.4 Å². The molecule has 0 saturated carbocycles. The maximum atomic E-state index is 5.75. The van der Waals surface area contributed by atoms with Gasteiger partial charge >= 0.3 is 0 Å². The minimum atomic E-state index is 0.589. The molecule has 2 heteroatoms. The molecule has 0 radical (unpaired) electrons. The van der Waals surface area contributed by atoms with E-state index in [4.69, 9.17) is 5.73 Å². The van der Waals surface area contributed by atoms with E-state index in [1.54, 1.807) is 0 Å². The van der Waals surface area contributed by atoms with E-state index >= 15 is 0 Å². The zero-order valence-corrected chi connectivity index (χ0v) is 17.9. The molecule has 0 heterocycles. The van der Waals surface area contributed by atoms with E-state index in [9.17, 15) is 0 Å². The van der Waals surface area contributed by atoms with Gasteiger partial charge in [0, 0.05) is 26.2 Å². The van der Waals surface area contributed by atoms with Gasteiger partial charge in [-0.2, -0.15) is 0 Å². The van der Waals surface area contributed by atoms with Crippen LogP contribution in [0.25, 0.3) is 6.08 Å². The molecule has 29 heavy (non-hydrogen) atoms. The molecule has 150 valence electrons. The Hall–Kier alpha value is -2.68. The van der Waals surface area contributed by atoms with Crippen LogP contribution in [0, 0.1) is 20.8 Å². The summed E-state index contributed by atoms with van der Waals surface area (Å²) in [4.78, 5) is 2.50. The van der Waals surface area contributed by atoms with Crippen LogP contribution in [0.3, 0.4) is 0 Å². The van der Waals surface area contributed by atoms with Crippen molar-refractivity contribution in [2.45, 2.75) is 40.4 Å². The molecule has 0 aliphatic carbocycles. The van der Waals surface area contributed by atoms with Crippen molar-refractivity contribution in [2.24, 2.45) is 5.73 Å². The van der Waals surface area contributed by atoms with Gasteiger partial charge in [0.1, 0.15) is 0 Å². The molecular weight excluding hydrogens is 352 g/mol. The predicted molar refractivity (Wildman–Crippen MR) is 125 cm³/mol. The van der Waals surface area contributed by atoms with Crippen LogP contribution in [0.2, 0.25) is 0 Å². The molecule has 0 amide bonds. The van der Waals surface area contributed by atoms with Gasteiger partial charge in [-0.1, -0.05) is 84.4 Å². The smallest absolute Gasteiger partial charge is 0.0245 e. The first-order chi connectivity index (χ1) is 14.0. The highest BCUT2D eigenvalue weighted by Crippen LogP contribution is 2.20. The number of nitrogens with zero attached hydrogens (tertiary/aromatic N) is 1. The Morgan fingerprint density at radius 2 is 1.41 bits per heavy atom. The molecule has 0 unspecified atom stereocenters. The van der Waals surface area contributed by atoms with Crippen molar-refractivity contribution in [2.75, 3.05) is 6.54 Å². The maximum Gasteiger partial charge on any atom is 0.0245 e. The van der Waals surface area contributed by atoms with E-state index in [1.165, 1.54) is 38.9 Å². The van der Waals surface area contributed by atoms with Crippen LogP contribution in [0.4, 0.5) is 0 Å². The Labute approximate surface area is 175 Å². The fourth-order valence-electron chi connectivity index (χ4n) is 3.81. The van der Waals surface area contributed by atoms with Gasteiger partial charge in [0.25, 0.3) is 0 Å². The number of nitrogens with two attached hydrogens (primary N) is 1. The summed E-state index contributed by atoms with van der Waals surface area (Å²) < 4.78 is 0. The topological polar surface area (TPSA) is 29.3 Å². The molecule has 0 bridgehead atoms. The second-order valence-electron chi connectivity index (χ2n) is 7.88. The summed E-state index contributed by atoms with van der Waals surface area (Å²) in [5.74, 6) is 0. The summed E-state index contributed by atoms with van der Waals surface area (Å²) in [5.41, 5.74) is 15.0. The molecule has 0 spiro atoms. The van der Waals surface area contributed by atoms with Crippen LogP contribution < -0.4 is 5.73 Å². The van der Waals surface area contributed by atoms with E-state index in [0.29, 0.717) is 6.54 Å². The number of aryl methyl sites for hydroxylation is 3. The number of hydrogen-bond donors (Lipinski definition) is 1. The van der Waals surface area contributed by atoms with Crippen molar-refractivity contribution in [3.63, 3.8) is 0 Å². The zero-order chi connectivity index (χ0) is 20.6. The Morgan fingerprint density at radius 1 is 0.793 bits per heavy atom. The molecule has 2 N–H and O–H groups in total. The van der Waals surface area contributed by atoms with Crippen molar-refractivity contribution < 1.29 is 0 Å². The third-order valence-electron chi connectivity index (χ3n) is 5.36. The maximum absolute atomic E-state index is 5.75. The highest BCUT2D eigenvalue weighted by atomic mass is 15.1. The van der Waals surface area contributed by atoms with Gasteiger partial charge in [-0.3, -0.25) is 4.90 Å². The van der Waals surface area contributed by atoms with Crippen LogP contribution in [0.1, 0.15) is 38.9 Å².